The number of hydrogen-bond acceptors (Lipinski definition) is 5. The number of aryl methyl sites for hydroxylation is 2. The standard InChI is InChI=1S/C33H39N5O2S/c1-21-6-13-26(14-7-21)38-29(20-28(37-38)33(3,4)5)36-32(40)35-25-11-9-23(10-12-25)30(24-16-18-34-19-17-24)31(39)27-15-8-22(2)41-27/h6-15,20,24,30,34H,16-19H2,1-5H3,(H2,35,36,40). The highest BCUT2D eigenvalue weighted by Crippen LogP contribution is 2.36. The van der Waals surface area contributed by atoms with Crippen molar-refractivity contribution in [1.29, 1.82) is 0 Å². The summed E-state index contributed by atoms with van der Waals surface area (Å²) in [7, 11) is 0. The molecule has 3 heterocycles. The first-order chi connectivity index (χ1) is 19.6. The number of carbonyl (C=O) groups excluding carboxylic acids is 2. The minimum Gasteiger partial charge on any atom is -0.317 e. The van der Waals surface area contributed by atoms with E-state index >= 15 is 0 Å². The van der Waals surface area contributed by atoms with Crippen LogP contribution in [0.1, 0.15) is 70.9 Å². The second-order valence-corrected chi connectivity index (χ2v) is 13.2. The van der Waals surface area contributed by atoms with E-state index in [4.69, 9.17) is 5.10 Å². The second kappa shape index (κ2) is 12.0. The molecule has 1 unspecified atom stereocenters. The molecule has 0 radical (unpaired) electrons. The summed E-state index contributed by atoms with van der Waals surface area (Å²) in [4.78, 5) is 28.7. The van der Waals surface area contributed by atoms with Gasteiger partial charge in [-0.25, -0.2) is 9.48 Å². The largest absolute Gasteiger partial charge is 0.324 e. The molecule has 41 heavy (non-hydrogen) atoms. The van der Waals surface area contributed by atoms with E-state index in [9.17, 15) is 9.59 Å². The van der Waals surface area contributed by atoms with Crippen molar-refractivity contribution in [3.05, 3.63) is 93.3 Å². The predicted molar refractivity (Wildman–Crippen MR) is 168 cm³/mol. The SMILES string of the molecule is Cc1ccc(-n2nc(C(C)(C)C)cc2NC(=O)Nc2ccc(C(C(=O)c3ccc(C)s3)C3CCNCC3)cc2)cc1. The fraction of sp³-hybridized carbons (Fsp3) is 0.364. The van der Waals surface area contributed by atoms with Gasteiger partial charge < -0.3 is 10.6 Å². The third-order valence-corrected chi connectivity index (χ3v) is 8.66. The van der Waals surface area contributed by atoms with Gasteiger partial charge in [-0.2, -0.15) is 5.10 Å². The second-order valence-electron chi connectivity index (χ2n) is 12.0. The van der Waals surface area contributed by atoms with Gasteiger partial charge in [0.2, 0.25) is 0 Å². The number of Topliss-reactive ketones (excluding diaryl/α,β-unsaturated/α-hetero) is 1. The Labute approximate surface area is 246 Å². The number of piperidine rings is 1. The summed E-state index contributed by atoms with van der Waals surface area (Å²) in [6, 6.07) is 21.3. The van der Waals surface area contributed by atoms with Crippen LogP contribution in [0.3, 0.4) is 0 Å². The van der Waals surface area contributed by atoms with Gasteiger partial charge in [0.05, 0.1) is 22.2 Å². The fourth-order valence-corrected chi connectivity index (χ4v) is 6.15. The number of thiophene rings is 1. The minimum atomic E-state index is -0.355. The lowest BCUT2D eigenvalue weighted by atomic mass is 9.77. The van der Waals surface area contributed by atoms with Gasteiger partial charge in [-0.3, -0.25) is 10.1 Å². The summed E-state index contributed by atoms with van der Waals surface area (Å²) in [5, 5.41) is 14.1. The van der Waals surface area contributed by atoms with E-state index in [-0.39, 0.29) is 29.1 Å². The first-order valence-corrected chi connectivity index (χ1v) is 15.1. The molecule has 2 aromatic carbocycles. The fourth-order valence-electron chi connectivity index (χ4n) is 5.31. The molecule has 1 fully saturated rings. The van der Waals surface area contributed by atoms with Crippen molar-refractivity contribution in [3.63, 3.8) is 0 Å². The lowest BCUT2D eigenvalue weighted by Gasteiger charge is -2.30. The highest BCUT2D eigenvalue weighted by atomic mass is 32.1. The maximum Gasteiger partial charge on any atom is 0.324 e. The topological polar surface area (TPSA) is 88.1 Å². The summed E-state index contributed by atoms with van der Waals surface area (Å²) >= 11 is 1.56. The molecule has 8 heteroatoms. The van der Waals surface area contributed by atoms with Crippen LogP contribution in [0.2, 0.25) is 0 Å². The van der Waals surface area contributed by atoms with E-state index in [2.05, 4.69) is 36.7 Å². The molecule has 1 atom stereocenters. The van der Waals surface area contributed by atoms with Crippen molar-refractivity contribution in [1.82, 2.24) is 15.1 Å². The molecular weight excluding hydrogens is 530 g/mol. The average molecular weight is 570 g/mol. The molecule has 2 amide bonds. The maximum absolute atomic E-state index is 13.7. The molecule has 3 N–H and O–H groups in total. The number of nitrogens with one attached hydrogen (secondary N) is 3. The molecule has 0 aliphatic carbocycles. The van der Waals surface area contributed by atoms with Crippen LogP contribution in [0.25, 0.3) is 5.69 Å². The van der Waals surface area contributed by atoms with Crippen molar-refractivity contribution >= 4 is 34.7 Å². The zero-order chi connectivity index (χ0) is 29.1. The summed E-state index contributed by atoms with van der Waals surface area (Å²) in [6.07, 6.45) is 1.93. The van der Waals surface area contributed by atoms with Crippen LogP contribution in [-0.4, -0.2) is 34.7 Å². The van der Waals surface area contributed by atoms with E-state index in [0.29, 0.717) is 11.5 Å². The summed E-state index contributed by atoms with van der Waals surface area (Å²) in [5.41, 5.74) is 4.39. The summed E-state index contributed by atoms with van der Waals surface area (Å²) in [5.74, 6) is 0.869. The van der Waals surface area contributed by atoms with Crippen LogP contribution < -0.4 is 16.0 Å². The van der Waals surface area contributed by atoms with Gasteiger partial charge in [-0.15, -0.1) is 11.3 Å². The van der Waals surface area contributed by atoms with Crippen LogP contribution >= 0.6 is 11.3 Å². The van der Waals surface area contributed by atoms with Gasteiger partial charge in [0.25, 0.3) is 0 Å². The third-order valence-electron chi connectivity index (χ3n) is 7.65. The van der Waals surface area contributed by atoms with Crippen LogP contribution in [0.15, 0.2) is 66.7 Å². The molecule has 5 rings (SSSR count). The molecule has 0 spiro atoms. The highest BCUT2D eigenvalue weighted by molar-refractivity contribution is 7.14. The van der Waals surface area contributed by atoms with E-state index in [1.54, 1.807) is 16.0 Å². The Morgan fingerprint density at radius 3 is 2.24 bits per heavy atom. The van der Waals surface area contributed by atoms with E-state index in [1.807, 2.05) is 80.6 Å². The van der Waals surface area contributed by atoms with Crippen molar-refractivity contribution in [2.75, 3.05) is 23.7 Å². The Balaban J connectivity index is 1.34. The summed E-state index contributed by atoms with van der Waals surface area (Å²) in [6.45, 7) is 12.2. The lowest BCUT2D eigenvalue weighted by Crippen LogP contribution is -2.33. The molecular formula is C33H39N5O2S. The van der Waals surface area contributed by atoms with Gasteiger partial charge in [0, 0.05) is 22.0 Å². The Bertz CT molecular complexity index is 1510. The molecule has 0 bridgehead atoms. The van der Waals surface area contributed by atoms with Crippen LogP contribution in [-0.2, 0) is 5.41 Å². The third kappa shape index (κ3) is 6.77. The smallest absolute Gasteiger partial charge is 0.317 e. The Kier molecular flexibility index (Phi) is 8.42. The maximum atomic E-state index is 13.7. The van der Waals surface area contributed by atoms with Gasteiger partial charge in [0.1, 0.15) is 5.82 Å². The number of nitrogens with zero attached hydrogens (tertiary/aromatic N) is 2. The van der Waals surface area contributed by atoms with Gasteiger partial charge >= 0.3 is 6.03 Å². The van der Waals surface area contributed by atoms with Crippen molar-refractivity contribution in [3.8, 4) is 5.69 Å². The van der Waals surface area contributed by atoms with E-state index in [1.165, 1.54) is 0 Å². The number of rotatable bonds is 7. The molecule has 7 nitrogen and oxygen atoms in total. The molecule has 1 aliphatic rings. The van der Waals surface area contributed by atoms with E-state index in [0.717, 1.165) is 58.2 Å². The zero-order valence-corrected chi connectivity index (χ0v) is 25.3. The van der Waals surface area contributed by atoms with Gasteiger partial charge in [-0.1, -0.05) is 50.6 Å². The van der Waals surface area contributed by atoms with E-state index < -0.39 is 0 Å². The Hall–Kier alpha value is -3.75. The van der Waals surface area contributed by atoms with Crippen LogP contribution in [0.5, 0.6) is 0 Å². The minimum absolute atomic E-state index is 0.178. The number of hydrogen-bond donors (Lipinski definition) is 3. The van der Waals surface area contributed by atoms with Crippen LogP contribution in [0, 0.1) is 19.8 Å². The molecule has 1 saturated heterocycles. The number of anilines is 2. The number of amides is 2. The first-order valence-electron chi connectivity index (χ1n) is 14.3. The van der Waals surface area contributed by atoms with Crippen molar-refractivity contribution < 1.29 is 9.59 Å². The summed E-state index contributed by atoms with van der Waals surface area (Å²) < 4.78 is 1.77. The predicted octanol–water partition coefficient (Wildman–Crippen LogP) is 7.46. The first kappa shape index (κ1) is 28.8. The number of aromatic nitrogens is 2. The Morgan fingerprint density at radius 2 is 1.63 bits per heavy atom. The van der Waals surface area contributed by atoms with Crippen molar-refractivity contribution in [2.24, 2.45) is 5.92 Å². The van der Waals surface area contributed by atoms with Crippen LogP contribution in [0.4, 0.5) is 16.3 Å². The molecule has 1 aliphatic heterocycles. The Morgan fingerprint density at radius 1 is 0.951 bits per heavy atom. The molecule has 4 aromatic rings. The number of urea groups is 1. The quantitative estimate of drug-likeness (QED) is 0.202. The molecule has 2 aromatic heterocycles. The van der Waals surface area contributed by atoms with Gasteiger partial charge in [0.15, 0.2) is 5.78 Å². The molecule has 0 saturated carbocycles. The molecule has 214 valence electrons. The van der Waals surface area contributed by atoms with Gasteiger partial charge in [-0.05, 0) is 87.7 Å². The normalized spacial score (nSPS) is 15.0. The number of ketones is 1. The lowest BCUT2D eigenvalue weighted by molar-refractivity contribution is 0.0920. The zero-order valence-electron chi connectivity index (χ0n) is 24.5. The average Bonchev–Trinajstić information content (AvgIpc) is 3.57. The monoisotopic (exact) mass is 569 g/mol. The van der Waals surface area contributed by atoms with Crippen molar-refractivity contribution in [2.45, 2.75) is 58.8 Å². The number of carbonyl (C=O) groups is 2. The number of benzene rings is 2. The highest BCUT2D eigenvalue weighted by Gasteiger charge is 2.32.